The van der Waals surface area contributed by atoms with E-state index in [0.29, 0.717) is 12.0 Å². The van der Waals surface area contributed by atoms with E-state index in [2.05, 4.69) is 30.4 Å². The fourth-order valence-electron chi connectivity index (χ4n) is 2.72. The number of benzene rings is 1. The van der Waals surface area contributed by atoms with Gasteiger partial charge in [-0.25, -0.2) is 0 Å². The van der Waals surface area contributed by atoms with Gasteiger partial charge >= 0.3 is 0 Å². The van der Waals surface area contributed by atoms with Crippen molar-refractivity contribution in [3.8, 4) is 0 Å². The highest BCUT2D eigenvalue weighted by atomic mass is 35.5. The molecule has 0 aliphatic heterocycles. The van der Waals surface area contributed by atoms with Crippen molar-refractivity contribution in [3.05, 3.63) is 34.3 Å². The molecule has 0 bridgehead atoms. The molecule has 1 saturated carbocycles. The van der Waals surface area contributed by atoms with Crippen molar-refractivity contribution in [2.24, 2.45) is 0 Å². The van der Waals surface area contributed by atoms with Gasteiger partial charge in [0.25, 0.3) is 0 Å². The normalized spacial score (nSPS) is 19.2. The van der Waals surface area contributed by atoms with Crippen LogP contribution in [0.1, 0.15) is 62.1 Å². The van der Waals surface area contributed by atoms with E-state index in [1.165, 1.54) is 43.2 Å². The zero-order valence-electron chi connectivity index (χ0n) is 10.8. The van der Waals surface area contributed by atoms with E-state index < -0.39 is 0 Å². The zero-order chi connectivity index (χ0) is 12.3. The van der Waals surface area contributed by atoms with Crippen LogP contribution in [0.15, 0.2) is 18.2 Å². The third kappa shape index (κ3) is 3.02. The van der Waals surface area contributed by atoms with Gasteiger partial charge in [0.1, 0.15) is 0 Å². The summed E-state index contributed by atoms with van der Waals surface area (Å²) in [4.78, 5) is 0. The second kappa shape index (κ2) is 5.88. The Bertz CT molecular complexity index is 369. The van der Waals surface area contributed by atoms with E-state index in [9.17, 15) is 0 Å². The van der Waals surface area contributed by atoms with Crippen LogP contribution in [0, 0.1) is 0 Å². The Balaban J connectivity index is 2.18. The van der Waals surface area contributed by atoms with Crippen LogP contribution in [0.4, 0.5) is 0 Å². The minimum Gasteiger partial charge on any atom is -0.313 e. The summed E-state index contributed by atoms with van der Waals surface area (Å²) in [5.41, 5.74) is 2.63. The third-order valence-corrected chi connectivity index (χ3v) is 4.33. The predicted molar refractivity (Wildman–Crippen MR) is 74.8 cm³/mol. The van der Waals surface area contributed by atoms with Crippen LogP contribution in [0.3, 0.4) is 0 Å². The minimum atomic E-state index is 0.368. The Labute approximate surface area is 110 Å². The molecular weight excluding hydrogens is 230 g/mol. The van der Waals surface area contributed by atoms with Crippen LogP contribution in [-0.2, 0) is 0 Å². The van der Waals surface area contributed by atoms with E-state index >= 15 is 0 Å². The average Bonchev–Trinajstić information content (AvgIpc) is 2.38. The largest absolute Gasteiger partial charge is 0.313 e. The lowest BCUT2D eigenvalue weighted by Gasteiger charge is -2.23. The SMILES string of the molecule is CNC(C)c1ccc(C2CCCCC2)c(Cl)c1. The maximum Gasteiger partial charge on any atom is 0.0444 e. The smallest absolute Gasteiger partial charge is 0.0444 e. The standard InChI is InChI=1S/C15H22ClN/c1-11(17-2)13-8-9-14(15(16)10-13)12-6-4-3-5-7-12/h8-12,17H,3-7H2,1-2H3. The molecule has 0 aromatic heterocycles. The molecule has 0 radical (unpaired) electrons. The van der Waals surface area contributed by atoms with Crippen molar-refractivity contribution in [2.45, 2.75) is 51.0 Å². The molecule has 0 amide bonds. The maximum atomic E-state index is 6.44. The van der Waals surface area contributed by atoms with Gasteiger partial charge in [0, 0.05) is 11.1 Å². The molecule has 1 aliphatic rings. The summed E-state index contributed by atoms with van der Waals surface area (Å²) in [6.07, 6.45) is 6.72. The summed E-state index contributed by atoms with van der Waals surface area (Å²) in [5.74, 6) is 0.690. The molecule has 1 aromatic rings. The van der Waals surface area contributed by atoms with Crippen molar-refractivity contribution < 1.29 is 0 Å². The van der Waals surface area contributed by atoms with Gasteiger partial charge in [0.05, 0.1) is 0 Å². The van der Waals surface area contributed by atoms with Gasteiger partial charge in [0.2, 0.25) is 0 Å². The molecule has 2 rings (SSSR count). The molecule has 0 heterocycles. The van der Waals surface area contributed by atoms with E-state index in [-0.39, 0.29) is 0 Å². The van der Waals surface area contributed by atoms with Crippen LogP contribution in [0.25, 0.3) is 0 Å². The molecule has 17 heavy (non-hydrogen) atoms. The number of nitrogens with one attached hydrogen (secondary N) is 1. The van der Waals surface area contributed by atoms with E-state index in [0.717, 1.165) is 5.02 Å². The monoisotopic (exact) mass is 251 g/mol. The first-order valence-corrected chi connectivity index (χ1v) is 7.06. The molecule has 2 heteroatoms. The van der Waals surface area contributed by atoms with Crippen LogP contribution >= 0.6 is 11.6 Å². The molecule has 1 aliphatic carbocycles. The fraction of sp³-hybridized carbons (Fsp3) is 0.600. The van der Waals surface area contributed by atoms with Gasteiger partial charge in [-0.2, -0.15) is 0 Å². The quantitative estimate of drug-likeness (QED) is 0.823. The maximum absolute atomic E-state index is 6.44. The molecule has 94 valence electrons. The fourth-order valence-corrected chi connectivity index (χ4v) is 3.07. The van der Waals surface area contributed by atoms with E-state index in [1.807, 2.05) is 7.05 Å². The zero-order valence-corrected chi connectivity index (χ0v) is 11.6. The topological polar surface area (TPSA) is 12.0 Å². The number of rotatable bonds is 3. The van der Waals surface area contributed by atoms with E-state index in [1.54, 1.807) is 0 Å². The first-order chi connectivity index (χ1) is 8.22. The Morgan fingerprint density at radius 3 is 2.53 bits per heavy atom. The number of hydrogen-bond donors (Lipinski definition) is 1. The molecule has 1 nitrogen and oxygen atoms in total. The second-order valence-corrected chi connectivity index (χ2v) is 5.53. The minimum absolute atomic E-state index is 0.368. The van der Waals surface area contributed by atoms with Crippen molar-refractivity contribution in [3.63, 3.8) is 0 Å². The molecule has 1 aromatic carbocycles. The van der Waals surface area contributed by atoms with Gasteiger partial charge in [-0.3, -0.25) is 0 Å². The van der Waals surface area contributed by atoms with Gasteiger partial charge in [-0.05, 0) is 49.9 Å². The van der Waals surface area contributed by atoms with Crippen LogP contribution in [0.2, 0.25) is 5.02 Å². The molecular formula is C15H22ClN. The van der Waals surface area contributed by atoms with Crippen LogP contribution in [0.5, 0.6) is 0 Å². The molecule has 1 atom stereocenters. The summed E-state index contributed by atoms with van der Waals surface area (Å²) >= 11 is 6.44. The second-order valence-electron chi connectivity index (χ2n) is 5.13. The first kappa shape index (κ1) is 12.9. The summed E-state index contributed by atoms with van der Waals surface area (Å²) < 4.78 is 0. The molecule has 0 spiro atoms. The molecule has 0 saturated heterocycles. The third-order valence-electron chi connectivity index (χ3n) is 4.00. The van der Waals surface area contributed by atoms with Gasteiger partial charge in [-0.15, -0.1) is 0 Å². The highest BCUT2D eigenvalue weighted by Gasteiger charge is 2.18. The van der Waals surface area contributed by atoms with Crippen molar-refractivity contribution in [2.75, 3.05) is 7.05 Å². The number of halogens is 1. The Morgan fingerprint density at radius 1 is 1.24 bits per heavy atom. The van der Waals surface area contributed by atoms with E-state index in [4.69, 9.17) is 11.6 Å². The lowest BCUT2D eigenvalue weighted by Crippen LogP contribution is -2.12. The molecule has 1 N–H and O–H groups in total. The average molecular weight is 252 g/mol. The van der Waals surface area contributed by atoms with Crippen LogP contribution in [-0.4, -0.2) is 7.05 Å². The molecule has 1 unspecified atom stereocenters. The number of hydrogen-bond acceptors (Lipinski definition) is 1. The van der Waals surface area contributed by atoms with Gasteiger partial charge in [0.15, 0.2) is 0 Å². The van der Waals surface area contributed by atoms with Crippen molar-refractivity contribution in [1.29, 1.82) is 0 Å². The Morgan fingerprint density at radius 2 is 1.94 bits per heavy atom. The van der Waals surface area contributed by atoms with Gasteiger partial charge < -0.3 is 5.32 Å². The highest BCUT2D eigenvalue weighted by Crippen LogP contribution is 2.37. The van der Waals surface area contributed by atoms with Crippen LogP contribution < -0.4 is 5.32 Å². The summed E-state index contributed by atoms with van der Waals surface area (Å²) in [5, 5.41) is 4.20. The Kier molecular flexibility index (Phi) is 4.47. The molecule has 1 fully saturated rings. The lowest BCUT2D eigenvalue weighted by molar-refractivity contribution is 0.443. The van der Waals surface area contributed by atoms with Crippen molar-refractivity contribution >= 4 is 11.6 Å². The first-order valence-electron chi connectivity index (χ1n) is 6.69. The predicted octanol–water partition coefficient (Wildman–Crippen LogP) is 4.67. The highest BCUT2D eigenvalue weighted by molar-refractivity contribution is 6.31. The lowest BCUT2D eigenvalue weighted by atomic mass is 9.83. The summed E-state index contributed by atoms with van der Waals surface area (Å²) in [6.45, 7) is 2.16. The Hall–Kier alpha value is -0.530. The summed E-state index contributed by atoms with van der Waals surface area (Å²) in [6, 6.07) is 6.96. The summed E-state index contributed by atoms with van der Waals surface area (Å²) in [7, 11) is 1.98. The van der Waals surface area contributed by atoms with Gasteiger partial charge in [-0.1, -0.05) is 43.0 Å². The van der Waals surface area contributed by atoms with Crippen molar-refractivity contribution in [1.82, 2.24) is 5.32 Å².